The van der Waals surface area contributed by atoms with Crippen LogP contribution in [0.3, 0.4) is 0 Å². The maximum absolute atomic E-state index is 14.2. The zero-order valence-electron chi connectivity index (χ0n) is 18.3. The molecule has 0 radical (unpaired) electrons. The fraction of sp³-hybridized carbons (Fsp3) is 0.160. The highest BCUT2D eigenvalue weighted by Crippen LogP contribution is 2.42. The smallest absolute Gasteiger partial charge is 0.274 e. The van der Waals surface area contributed by atoms with Crippen molar-refractivity contribution in [3.63, 3.8) is 0 Å². The van der Waals surface area contributed by atoms with Gasteiger partial charge in [-0.05, 0) is 58.7 Å². The van der Waals surface area contributed by atoms with Gasteiger partial charge in [-0.2, -0.15) is 0 Å². The first-order chi connectivity index (χ1) is 16.2. The molecule has 0 atom stereocenters. The van der Waals surface area contributed by atoms with Gasteiger partial charge in [-0.3, -0.25) is 19.3 Å². The molecule has 0 saturated carbocycles. The van der Waals surface area contributed by atoms with Gasteiger partial charge in [-0.25, -0.2) is 4.39 Å². The molecule has 5 rings (SSSR count). The summed E-state index contributed by atoms with van der Waals surface area (Å²) in [7, 11) is 1.64. The van der Waals surface area contributed by atoms with Crippen molar-refractivity contribution in [3.8, 4) is 22.6 Å². The number of carbonyl (C=O) groups is 2. The number of aromatic nitrogens is 2. The van der Waals surface area contributed by atoms with E-state index in [4.69, 9.17) is 4.74 Å². The molecular formula is C25H19BrFN3O4. The molecular weight excluding hydrogens is 505 g/mol. The number of fused-ring (bicyclic) bond motifs is 1. The molecule has 172 valence electrons. The Balaban J connectivity index is 1.76. The molecule has 9 heteroatoms. The average molecular weight is 524 g/mol. The van der Waals surface area contributed by atoms with Crippen molar-refractivity contribution in [1.29, 1.82) is 0 Å². The number of H-pyrrole nitrogens is 1. The van der Waals surface area contributed by atoms with Crippen molar-refractivity contribution < 1.29 is 18.7 Å². The van der Waals surface area contributed by atoms with Crippen LogP contribution in [0.1, 0.15) is 18.4 Å². The van der Waals surface area contributed by atoms with Gasteiger partial charge in [-0.1, -0.05) is 0 Å². The summed E-state index contributed by atoms with van der Waals surface area (Å²) >= 11 is 3.14. The van der Waals surface area contributed by atoms with Crippen LogP contribution in [0, 0.1) is 12.7 Å². The van der Waals surface area contributed by atoms with E-state index >= 15 is 0 Å². The van der Waals surface area contributed by atoms with Crippen molar-refractivity contribution in [2.45, 2.75) is 19.8 Å². The van der Waals surface area contributed by atoms with Crippen molar-refractivity contribution in [2.75, 3.05) is 4.90 Å². The highest BCUT2D eigenvalue weighted by molar-refractivity contribution is 9.10. The number of nitrogens with one attached hydrogen (secondary N) is 1. The van der Waals surface area contributed by atoms with Crippen molar-refractivity contribution in [3.05, 3.63) is 75.0 Å². The van der Waals surface area contributed by atoms with Crippen LogP contribution in [0.2, 0.25) is 0 Å². The predicted octanol–water partition coefficient (Wildman–Crippen LogP) is 5.19. The van der Waals surface area contributed by atoms with E-state index in [0.29, 0.717) is 43.5 Å². The van der Waals surface area contributed by atoms with E-state index in [1.165, 1.54) is 15.5 Å². The van der Waals surface area contributed by atoms with Gasteiger partial charge in [0.05, 0.1) is 10.2 Å². The minimum absolute atomic E-state index is 0.159. The molecule has 0 spiro atoms. The van der Waals surface area contributed by atoms with Crippen molar-refractivity contribution in [2.24, 2.45) is 7.05 Å². The number of pyridine rings is 1. The molecule has 1 aliphatic rings. The lowest BCUT2D eigenvalue weighted by atomic mass is 9.99. The zero-order chi connectivity index (χ0) is 24.1. The number of carbonyl (C=O) groups excluding carboxylic acids is 2. The SMILES string of the molecule is Cc1cc(Oc2ccc(Br)c(F)c2)c(-c2cn(C)c(=O)c3[nH]ccc23)cc1N1C(=O)CCC1=O. The molecule has 2 aromatic carbocycles. The van der Waals surface area contributed by atoms with E-state index < -0.39 is 5.82 Å². The third-order valence-corrected chi connectivity index (χ3v) is 6.54. The van der Waals surface area contributed by atoms with Crippen LogP contribution in [0.25, 0.3) is 22.0 Å². The summed E-state index contributed by atoms with van der Waals surface area (Å²) in [6.45, 7) is 1.78. The number of rotatable bonds is 4. The highest BCUT2D eigenvalue weighted by atomic mass is 79.9. The largest absolute Gasteiger partial charge is 0.457 e. The number of hydrogen-bond donors (Lipinski definition) is 1. The first-order valence-corrected chi connectivity index (χ1v) is 11.3. The Bertz CT molecular complexity index is 1540. The van der Waals surface area contributed by atoms with Gasteiger partial charge in [0.1, 0.15) is 22.8 Å². The van der Waals surface area contributed by atoms with Gasteiger partial charge in [0.15, 0.2) is 0 Å². The van der Waals surface area contributed by atoms with Crippen LogP contribution in [0.5, 0.6) is 11.5 Å². The van der Waals surface area contributed by atoms with Gasteiger partial charge >= 0.3 is 0 Å². The molecule has 4 aromatic rings. The minimum Gasteiger partial charge on any atom is -0.457 e. The number of nitrogens with zero attached hydrogens (tertiary/aromatic N) is 2. The molecule has 2 aromatic heterocycles. The molecule has 0 aliphatic carbocycles. The van der Waals surface area contributed by atoms with Crippen molar-refractivity contribution in [1.82, 2.24) is 9.55 Å². The van der Waals surface area contributed by atoms with E-state index in [2.05, 4.69) is 20.9 Å². The Hall–Kier alpha value is -3.72. The van der Waals surface area contributed by atoms with Gasteiger partial charge in [-0.15, -0.1) is 0 Å². The van der Waals surface area contributed by atoms with E-state index in [0.717, 1.165) is 0 Å². The first-order valence-electron chi connectivity index (χ1n) is 10.5. The second kappa shape index (κ2) is 8.25. The molecule has 2 amide bonds. The number of ether oxygens (including phenoxy) is 1. The minimum atomic E-state index is -0.476. The third kappa shape index (κ3) is 3.62. The van der Waals surface area contributed by atoms with E-state index in [1.807, 2.05) is 0 Å². The number of halogens is 2. The second-order valence-electron chi connectivity index (χ2n) is 8.16. The van der Waals surface area contributed by atoms with Crippen LogP contribution >= 0.6 is 15.9 Å². The highest BCUT2D eigenvalue weighted by Gasteiger charge is 2.32. The van der Waals surface area contributed by atoms with Gasteiger partial charge in [0.2, 0.25) is 11.8 Å². The summed E-state index contributed by atoms with van der Waals surface area (Å²) < 4.78 is 22.0. The maximum Gasteiger partial charge on any atom is 0.274 e. The summed E-state index contributed by atoms with van der Waals surface area (Å²) in [4.78, 5) is 41.7. The average Bonchev–Trinajstić information content (AvgIpc) is 3.41. The van der Waals surface area contributed by atoms with E-state index in [-0.39, 0.29) is 36.0 Å². The molecule has 1 fully saturated rings. The van der Waals surface area contributed by atoms with Gasteiger partial charge in [0.25, 0.3) is 5.56 Å². The van der Waals surface area contributed by atoms with E-state index in [9.17, 15) is 18.8 Å². The molecule has 1 N–H and O–H groups in total. The number of anilines is 1. The summed E-state index contributed by atoms with van der Waals surface area (Å²) in [6, 6.07) is 9.64. The quantitative estimate of drug-likeness (QED) is 0.373. The normalized spacial score (nSPS) is 13.8. The maximum atomic E-state index is 14.2. The fourth-order valence-electron chi connectivity index (χ4n) is 4.20. The molecule has 0 bridgehead atoms. The lowest BCUT2D eigenvalue weighted by Crippen LogP contribution is -2.29. The Morgan fingerprint density at radius 1 is 1.03 bits per heavy atom. The Kier molecular flexibility index (Phi) is 5.36. The number of imide groups is 1. The van der Waals surface area contributed by atoms with Gasteiger partial charge < -0.3 is 14.3 Å². The van der Waals surface area contributed by atoms with Gasteiger partial charge in [0, 0.05) is 54.9 Å². The van der Waals surface area contributed by atoms with Crippen molar-refractivity contribution >= 4 is 44.3 Å². The summed E-state index contributed by atoms with van der Waals surface area (Å²) in [5.41, 5.74) is 2.53. The summed E-state index contributed by atoms with van der Waals surface area (Å²) in [5, 5.41) is 0.656. The molecule has 1 aliphatic heterocycles. The molecule has 34 heavy (non-hydrogen) atoms. The van der Waals surface area contributed by atoms with Crippen LogP contribution in [-0.4, -0.2) is 21.4 Å². The zero-order valence-corrected chi connectivity index (χ0v) is 19.9. The Labute approximate surface area is 201 Å². The lowest BCUT2D eigenvalue weighted by Gasteiger charge is -2.21. The number of benzene rings is 2. The summed E-state index contributed by atoms with van der Waals surface area (Å²) in [5.74, 6) is -0.346. The van der Waals surface area contributed by atoms with Crippen LogP contribution < -0.4 is 15.2 Å². The molecule has 1 saturated heterocycles. The Morgan fingerprint density at radius 2 is 1.76 bits per heavy atom. The number of aromatic amines is 1. The number of hydrogen-bond acceptors (Lipinski definition) is 4. The molecule has 3 heterocycles. The first kappa shape index (κ1) is 22.1. The third-order valence-electron chi connectivity index (χ3n) is 5.89. The predicted molar refractivity (Wildman–Crippen MR) is 130 cm³/mol. The monoisotopic (exact) mass is 523 g/mol. The number of aryl methyl sites for hydroxylation is 2. The standard InChI is InChI=1S/C25H19BrFN3O4/c1-13-9-21(34-14-3-4-18(26)19(27)10-14)16(11-20(13)30-22(31)5-6-23(30)32)17-12-29(2)25(33)24-15(17)7-8-28-24/h3-4,7-12,28H,5-6H2,1-2H3. The van der Waals surface area contributed by atoms with E-state index in [1.54, 1.807) is 56.7 Å². The summed E-state index contributed by atoms with van der Waals surface area (Å²) in [6.07, 6.45) is 3.66. The fourth-order valence-corrected chi connectivity index (χ4v) is 4.45. The topological polar surface area (TPSA) is 84.4 Å². The number of amides is 2. The second-order valence-corrected chi connectivity index (χ2v) is 9.02. The Morgan fingerprint density at radius 3 is 2.47 bits per heavy atom. The lowest BCUT2D eigenvalue weighted by molar-refractivity contribution is -0.121. The molecule has 7 nitrogen and oxygen atoms in total. The van der Waals surface area contributed by atoms with Crippen LogP contribution in [0.15, 0.2) is 58.1 Å². The molecule has 0 unspecified atom stereocenters. The van der Waals surface area contributed by atoms with Crippen LogP contribution in [0.4, 0.5) is 10.1 Å². The van der Waals surface area contributed by atoms with Crippen LogP contribution in [-0.2, 0) is 16.6 Å².